The Bertz CT molecular complexity index is 740. The van der Waals surface area contributed by atoms with Gasteiger partial charge in [0.2, 0.25) is 5.91 Å². The lowest BCUT2D eigenvalue weighted by atomic mass is 9.83. The molecular weight excluding hydrogens is 305 g/mol. The van der Waals surface area contributed by atoms with Crippen LogP contribution in [0.2, 0.25) is 10.0 Å². The van der Waals surface area contributed by atoms with Crippen LogP contribution in [0.15, 0.2) is 30.3 Å². The number of anilines is 1. The number of amides is 1. The first-order valence-electron chi connectivity index (χ1n) is 6.82. The van der Waals surface area contributed by atoms with E-state index in [4.69, 9.17) is 23.2 Å². The largest absolute Gasteiger partial charge is 0.326 e. The van der Waals surface area contributed by atoms with Crippen molar-refractivity contribution in [2.24, 2.45) is 0 Å². The summed E-state index contributed by atoms with van der Waals surface area (Å²) >= 11 is 12.5. The fraction of sp³-hybridized carbons (Fsp3) is 0.235. The zero-order valence-electron chi connectivity index (χ0n) is 11.8. The molecule has 0 radical (unpaired) electrons. The topological polar surface area (TPSA) is 29.1 Å². The summed E-state index contributed by atoms with van der Waals surface area (Å²) < 4.78 is 0. The number of benzene rings is 2. The monoisotopic (exact) mass is 319 g/mol. The van der Waals surface area contributed by atoms with E-state index in [9.17, 15) is 4.79 Å². The molecule has 1 aliphatic rings. The highest BCUT2D eigenvalue weighted by Gasteiger charge is 2.28. The van der Waals surface area contributed by atoms with Crippen LogP contribution in [0.5, 0.6) is 0 Å². The van der Waals surface area contributed by atoms with Gasteiger partial charge in [0.05, 0.1) is 10.0 Å². The zero-order valence-corrected chi connectivity index (χ0v) is 13.3. The summed E-state index contributed by atoms with van der Waals surface area (Å²) in [6.45, 7) is 4.11. The highest BCUT2D eigenvalue weighted by Crippen LogP contribution is 2.42. The first kappa shape index (κ1) is 14.4. The molecule has 4 heteroatoms. The van der Waals surface area contributed by atoms with Crippen molar-refractivity contribution in [3.63, 3.8) is 0 Å². The van der Waals surface area contributed by atoms with Gasteiger partial charge in [-0.2, -0.15) is 0 Å². The summed E-state index contributed by atoms with van der Waals surface area (Å²) in [5.41, 5.74) is 5.24. The van der Waals surface area contributed by atoms with Gasteiger partial charge in [-0.3, -0.25) is 4.79 Å². The van der Waals surface area contributed by atoms with E-state index in [2.05, 4.69) is 18.3 Å². The molecule has 2 aromatic carbocycles. The molecule has 1 aliphatic heterocycles. The number of rotatable bonds is 1. The Morgan fingerprint density at radius 3 is 2.57 bits per heavy atom. The standard InChI is InChI=1S/C17H15Cl2NO/c1-9-6-13-12(11-4-3-5-14(18)17(11)19)8-16(21)20-15(13)7-10(9)2/h3-7,12H,8H2,1-2H3,(H,20,21). The molecule has 21 heavy (non-hydrogen) atoms. The second kappa shape index (κ2) is 5.36. The van der Waals surface area contributed by atoms with Gasteiger partial charge in [0, 0.05) is 18.0 Å². The molecule has 0 saturated carbocycles. The maximum Gasteiger partial charge on any atom is 0.225 e. The summed E-state index contributed by atoms with van der Waals surface area (Å²) in [4.78, 5) is 12.0. The summed E-state index contributed by atoms with van der Waals surface area (Å²) in [6, 6.07) is 9.73. The quantitative estimate of drug-likeness (QED) is 0.779. The Morgan fingerprint density at radius 2 is 1.81 bits per heavy atom. The molecule has 1 unspecified atom stereocenters. The lowest BCUT2D eigenvalue weighted by Gasteiger charge is -2.28. The molecule has 2 nitrogen and oxygen atoms in total. The van der Waals surface area contributed by atoms with E-state index in [-0.39, 0.29) is 11.8 Å². The lowest BCUT2D eigenvalue weighted by molar-refractivity contribution is -0.116. The van der Waals surface area contributed by atoms with Crippen molar-refractivity contribution < 1.29 is 4.79 Å². The SMILES string of the molecule is Cc1cc2c(cc1C)C(c1cccc(Cl)c1Cl)CC(=O)N2. The molecule has 1 N–H and O–H groups in total. The van der Waals surface area contributed by atoms with Gasteiger partial charge in [0.15, 0.2) is 0 Å². The summed E-state index contributed by atoms with van der Waals surface area (Å²) in [6.07, 6.45) is 0.384. The van der Waals surface area contributed by atoms with E-state index in [1.54, 1.807) is 6.07 Å². The molecule has 0 bridgehead atoms. The number of hydrogen-bond donors (Lipinski definition) is 1. The Hall–Kier alpha value is -1.51. The number of carbonyl (C=O) groups excluding carboxylic acids is 1. The molecule has 2 aromatic rings. The normalized spacial score (nSPS) is 17.3. The van der Waals surface area contributed by atoms with Crippen molar-refractivity contribution >= 4 is 34.8 Å². The minimum atomic E-state index is -0.0563. The molecule has 0 aromatic heterocycles. The van der Waals surface area contributed by atoms with Gasteiger partial charge in [0.25, 0.3) is 0 Å². The van der Waals surface area contributed by atoms with Crippen molar-refractivity contribution in [1.82, 2.24) is 0 Å². The van der Waals surface area contributed by atoms with E-state index in [1.807, 2.05) is 25.1 Å². The zero-order chi connectivity index (χ0) is 15.1. The number of nitrogens with one attached hydrogen (secondary N) is 1. The smallest absolute Gasteiger partial charge is 0.225 e. The fourth-order valence-corrected chi connectivity index (χ4v) is 3.24. The lowest BCUT2D eigenvalue weighted by Crippen LogP contribution is -2.24. The molecule has 1 amide bonds. The molecule has 3 rings (SSSR count). The van der Waals surface area contributed by atoms with Crippen LogP contribution in [0.4, 0.5) is 5.69 Å². The Labute approximate surface area is 134 Å². The first-order valence-corrected chi connectivity index (χ1v) is 7.58. The van der Waals surface area contributed by atoms with Gasteiger partial charge < -0.3 is 5.32 Å². The van der Waals surface area contributed by atoms with Crippen LogP contribution in [0.25, 0.3) is 0 Å². The van der Waals surface area contributed by atoms with E-state index in [1.165, 1.54) is 5.56 Å². The van der Waals surface area contributed by atoms with Crippen LogP contribution in [0, 0.1) is 13.8 Å². The summed E-state index contributed by atoms with van der Waals surface area (Å²) in [7, 11) is 0. The minimum Gasteiger partial charge on any atom is -0.326 e. The second-order valence-electron chi connectivity index (χ2n) is 5.47. The number of aryl methyl sites for hydroxylation is 2. The third-order valence-electron chi connectivity index (χ3n) is 4.06. The molecule has 0 aliphatic carbocycles. The maximum atomic E-state index is 12.0. The van der Waals surface area contributed by atoms with Crippen molar-refractivity contribution in [3.8, 4) is 0 Å². The van der Waals surface area contributed by atoms with E-state index < -0.39 is 0 Å². The Balaban J connectivity index is 2.19. The highest BCUT2D eigenvalue weighted by molar-refractivity contribution is 6.42. The average Bonchev–Trinajstić information content (AvgIpc) is 2.43. The van der Waals surface area contributed by atoms with E-state index >= 15 is 0 Å². The van der Waals surface area contributed by atoms with Gasteiger partial charge in [-0.25, -0.2) is 0 Å². The molecule has 0 spiro atoms. The third kappa shape index (κ3) is 2.54. The van der Waals surface area contributed by atoms with Crippen LogP contribution in [-0.4, -0.2) is 5.91 Å². The molecule has 0 fully saturated rings. The van der Waals surface area contributed by atoms with Crippen LogP contribution < -0.4 is 5.32 Å². The van der Waals surface area contributed by atoms with Gasteiger partial charge in [-0.1, -0.05) is 41.4 Å². The molecule has 0 saturated heterocycles. The van der Waals surface area contributed by atoms with Crippen LogP contribution in [0.3, 0.4) is 0 Å². The van der Waals surface area contributed by atoms with Crippen molar-refractivity contribution in [1.29, 1.82) is 0 Å². The van der Waals surface area contributed by atoms with Crippen LogP contribution >= 0.6 is 23.2 Å². The number of hydrogen-bond acceptors (Lipinski definition) is 1. The maximum absolute atomic E-state index is 12.0. The Morgan fingerprint density at radius 1 is 1.10 bits per heavy atom. The number of fused-ring (bicyclic) bond motifs is 1. The summed E-state index contributed by atoms with van der Waals surface area (Å²) in [5.74, 6) is -0.0500. The average molecular weight is 320 g/mol. The fourth-order valence-electron chi connectivity index (χ4n) is 2.80. The van der Waals surface area contributed by atoms with Crippen LogP contribution in [-0.2, 0) is 4.79 Å². The molecule has 1 atom stereocenters. The number of carbonyl (C=O) groups is 1. The number of halogens is 2. The van der Waals surface area contributed by atoms with Crippen LogP contribution in [0.1, 0.15) is 34.6 Å². The predicted octanol–water partition coefficient (Wildman–Crippen LogP) is 5.08. The molecular formula is C17H15Cl2NO. The van der Waals surface area contributed by atoms with E-state index in [0.717, 1.165) is 22.4 Å². The summed E-state index contributed by atoms with van der Waals surface area (Å²) in [5, 5.41) is 4.00. The Kier molecular flexibility index (Phi) is 3.68. The molecule has 108 valence electrons. The van der Waals surface area contributed by atoms with Gasteiger partial charge >= 0.3 is 0 Å². The minimum absolute atomic E-state index is 0.00629. The predicted molar refractivity (Wildman–Crippen MR) is 87.5 cm³/mol. The van der Waals surface area contributed by atoms with Crippen molar-refractivity contribution in [3.05, 3.63) is 62.6 Å². The second-order valence-corrected chi connectivity index (χ2v) is 6.26. The van der Waals surface area contributed by atoms with Gasteiger partial charge in [0.1, 0.15) is 0 Å². The first-order chi connectivity index (χ1) is 9.97. The third-order valence-corrected chi connectivity index (χ3v) is 4.90. The highest BCUT2D eigenvalue weighted by atomic mass is 35.5. The van der Waals surface area contributed by atoms with E-state index in [0.29, 0.717) is 16.5 Å². The van der Waals surface area contributed by atoms with Crippen molar-refractivity contribution in [2.45, 2.75) is 26.2 Å². The van der Waals surface area contributed by atoms with Crippen molar-refractivity contribution in [2.75, 3.05) is 5.32 Å². The van der Waals surface area contributed by atoms with Gasteiger partial charge in [-0.05, 0) is 48.2 Å². The van der Waals surface area contributed by atoms with Gasteiger partial charge in [-0.15, -0.1) is 0 Å². The molecule has 1 heterocycles.